The highest BCUT2D eigenvalue weighted by Gasteiger charge is 2.32. The molecule has 4 nitrogen and oxygen atoms in total. The third kappa shape index (κ3) is 4.75. The van der Waals surface area contributed by atoms with Crippen molar-refractivity contribution in [2.75, 3.05) is 6.54 Å². The van der Waals surface area contributed by atoms with Crippen molar-refractivity contribution in [2.24, 2.45) is 17.8 Å². The number of carbonyl (C=O) groups excluding carboxylic acids is 1. The molecule has 0 radical (unpaired) electrons. The van der Waals surface area contributed by atoms with Crippen LogP contribution in [0.2, 0.25) is 0 Å². The second kappa shape index (κ2) is 6.62. The molecule has 17 heavy (non-hydrogen) atoms. The standard InChI is InChI=1S/C13H23NO3/c1-9(2)6-7-12(15)14-8-10-4-3-5-11(10)13(16)17/h9-11H,3-8H2,1-2H3,(H,14,15)(H,16,17). The first kappa shape index (κ1) is 14.0. The molecule has 0 aromatic carbocycles. The van der Waals surface area contributed by atoms with Gasteiger partial charge in [-0.1, -0.05) is 20.3 Å². The van der Waals surface area contributed by atoms with Crippen LogP contribution in [0.3, 0.4) is 0 Å². The van der Waals surface area contributed by atoms with Crippen molar-refractivity contribution in [1.82, 2.24) is 5.32 Å². The lowest BCUT2D eigenvalue weighted by Gasteiger charge is -2.16. The number of carboxylic acid groups (broad SMARTS) is 1. The van der Waals surface area contributed by atoms with E-state index in [1.165, 1.54) is 0 Å². The minimum Gasteiger partial charge on any atom is -0.481 e. The Balaban J connectivity index is 2.25. The molecule has 1 rings (SSSR count). The largest absolute Gasteiger partial charge is 0.481 e. The molecular weight excluding hydrogens is 218 g/mol. The van der Waals surface area contributed by atoms with E-state index in [-0.39, 0.29) is 17.7 Å². The summed E-state index contributed by atoms with van der Waals surface area (Å²) in [5.41, 5.74) is 0. The van der Waals surface area contributed by atoms with E-state index in [2.05, 4.69) is 19.2 Å². The molecule has 1 amide bonds. The smallest absolute Gasteiger partial charge is 0.306 e. The van der Waals surface area contributed by atoms with Gasteiger partial charge in [-0.15, -0.1) is 0 Å². The van der Waals surface area contributed by atoms with Crippen molar-refractivity contribution in [3.8, 4) is 0 Å². The second-order valence-corrected chi connectivity index (χ2v) is 5.37. The first-order valence-corrected chi connectivity index (χ1v) is 6.50. The van der Waals surface area contributed by atoms with E-state index in [0.29, 0.717) is 18.9 Å². The Morgan fingerprint density at radius 3 is 2.65 bits per heavy atom. The molecule has 1 aliphatic rings. The van der Waals surface area contributed by atoms with Crippen molar-refractivity contribution in [1.29, 1.82) is 0 Å². The Hall–Kier alpha value is -1.06. The maximum atomic E-state index is 11.5. The van der Waals surface area contributed by atoms with E-state index >= 15 is 0 Å². The van der Waals surface area contributed by atoms with E-state index < -0.39 is 5.97 Å². The van der Waals surface area contributed by atoms with Gasteiger partial charge in [-0.25, -0.2) is 0 Å². The highest BCUT2D eigenvalue weighted by atomic mass is 16.4. The lowest BCUT2D eigenvalue weighted by Crippen LogP contribution is -2.33. The Morgan fingerprint density at radius 1 is 1.35 bits per heavy atom. The number of hydrogen-bond donors (Lipinski definition) is 2. The topological polar surface area (TPSA) is 66.4 Å². The molecule has 0 aliphatic heterocycles. The van der Waals surface area contributed by atoms with Gasteiger partial charge in [0, 0.05) is 13.0 Å². The number of rotatable bonds is 6. The molecule has 0 heterocycles. The summed E-state index contributed by atoms with van der Waals surface area (Å²) >= 11 is 0. The summed E-state index contributed by atoms with van der Waals surface area (Å²) in [7, 11) is 0. The van der Waals surface area contributed by atoms with E-state index in [0.717, 1.165) is 25.7 Å². The van der Waals surface area contributed by atoms with E-state index in [4.69, 9.17) is 5.11 Å². The Morgan fingerprint density at radius 2 is 2.06 bits per heavy atom. The Bertz CT molecular complexity index is 276. The van der Waals surface area contributed by atoms with Crippen LogP contribution in [0.25, 0.3) is 0 Å². The third-order valence-electron chi connectivity index (χ3n) is 3.49. The van der Waals surface area contributed by atoms with Crippen LogP contribution < -0.4 is 5.32 Å². The van der Waals surface area contributed by atoms with E-state index in [1.807, 2.05) is 0 Å². The highest BCUT2D eigenvalue weighted by molar-refractivity contribution is 5.76. The summed E-state index contributed by atoms with van der Waals surface area (Å²) in [5.74, 6) is -0.284. The van der Waals surface area contributed by atoms with Crippen LogP contribution in [0, 0.1) is 17.8 Å². The normalized spacial score (nSPS) is 23.9. The molecule has 2 atom stereocenters. The molecule has 1 fully saturated rings. The summed E-state index contributed by atoms with van der Waals surface area (Å²) < 4.78 is 0. The zero-order valence-electron chi connectivity index (χ0n) is 10.7. The van der Waals surface area contributed by atoms with Crippen molar-refractivity contribution in [3.05, 3.63) is 0 Å². The highest BCUT2D eigenvalue weighted by Crippen LogP contribution is 2.31. The minimum absolute atomic E-state index is 0.0507. The number of aliphatic carboxylic acids is 1. The predicted octanol–water partition coefficient (Wildman–Crippen LogP) is 2.04. The lowest BCUT2D eigenvalue weighted by molar-refractivity contribution is -0.143. The van der Waals surface area contributed by atoms with Crippen molar-refractivity contribution >= 4 is 11.9 Å². The molecule has 0 aromatic heterocycles. The van der Waals surface area contributed by atoms with Crippen molar-refractivity contribution in [2.45, 2.75) is 46.0 Å². The summed E-state index contributed by atoms with van der Waals surface area (Å²) in [4.78, 5) is 22.5. The number of hydrogen-bond acceptors (Lipinski definition) is 2. The Labute approximate surface area is 103 Å². The maximum absolute atomic E-state index is 11.5. The molecule has 0 bridgehead atoms. The summed E-state index contributed by atoms with van der Waals surface area (Å²) in [6.07, 6.45) is 4.06. The summed E-state index contributed by atoms with van der Waals surface area (Å²) in [6, 6.07) is 0. The van der Waals surface area contributed by atoms with Crippen LogP contribution in [-0.2, 0) is 9.59 Å². The van der Waals surface area contributed by atoms with Gasteiger partial charge in [-0.05, 0) is 31.1 Å². The van der Waals surface area contributed by atoms with Gasteiger partial charge < -0.3 is 10.4 Å². The summed E-state index contributed by atoms with van der Waals surface area (Å²) in [6.45, 7) is 4.70. The number of nitrogens with one attached hydrogen (secondary N) is 1. The molecule has 1 saturated carbocycles. The second-order valence-electron chi connectivity index (χ2n) is 5.37. The van der Waals surface area contributed by atoms with Gasteiger partial charge in [0.05, 0.1) is 5.92 Å². The van der Waals surface area contributed by atoms with Crippen LogP contribution in [-0.4, -0.2) is 23.5 Å². The Kier molecular flexibility index (Phi) is 5.45. The van der Waals surface area contributed by atoms with Gasteiger partial charge in [0.1, 0.15) is 0 Å². The molecule has 0 saturated heterocycles. The number of carboxylic acids is 1. The minimum atomic E-state index is -0.719. The molecule has 0 aromatic rings. The lowest BCUT2D eigenvalue weighted by atomic mass is 9.96. The predicted molar refractivity (Wildman–Crippen MR) is 65.5 cm³/mol. The van der Waals surface area contributed by atoms with Gasteiger partial charge >= 0.3 is 5.97 Å². The quantitative estimate of drug-likeness (QED) is 0.748. The van der Waals surface area contributed by atoms with Gasteiger partial charge in [0.2, 0.25) is 5.91 Å². The van der Waals surface area contributed by atoms with Crippen LogP contribution >= 0.6 is 0 Å². The van der Waals surface area contributed by atoms with Gasteiger partial charge in [0.15, 0.2) is 0 Å². The van der Waals surface area contributed by atoms with Crippen LogP contribution in [0.1, 0.15) is 46.0 Å². The van der Waals surface area contributed by atoms with E-state index in [9.17, 15) is 9.59 Å². The van der Waals surface area contributed by atoms with Crippen molar-refractivity contribution < 1.29 is 14.7 Å². The fourth-order valence-corrected chi connectivity index (χ4v) is 2.36. The molecule has 98 valence electrons. The molecule has 0 spiro atoms. The molecule has 2 unspecified atom stereocenters. The zero-order chi connectivity index (χ0) is 12.8. The zero-order valence-corrected chi connectivity index (χ0v) is 10.7. The molecule has 4 heteroatoms. The third-order valence-corrected chi connectivity index (χ3v) is 3.49. The maximum Gasteiger partial charge on any atom is 0.306 e. The number of amides is 1. The summed E-state index contributed by atoms with van der Waals surface area (Å²) in [5, 5.41) is 11.9. The van der Waals surface area contributed by atoms with E-state index in [1.54, 1.807) is 0 Å². The van der Waals surface area contributed by atoms with Gasteiger partial charge in [-0.2, -0.15) is 0 Å². The monoisotopic (exact) mass is 241 g/mol. The average molecular weight is 241 g/mol. The molecular formula is C13H23NO3. The van der Waals surface area contributed by atoms with Crippen LogP contribution in [0.4, 0.5) is 0 Å². The fraction of sp³-hybridized carbons (Fsp3) is 0.846. The van der Waals surface area contributed by atoms with Crippen molar-refractivity contribution in [3.63, 3.8) is 0 Å². The van der Waals surface area contributed by atoms with Gasteiger partial charge in [0.25, 0.3) is 0 Å². The molecule has 2 N–H and O–H groups in total. The number of carbonyl (C=O) groups is 2. The van der Waals surface area contributed by atoms with Gasteiger partial charge in [-0.3, -0.25) is 9.59 Å². The fourth-order valence-electron chi connectivity index (χ4n) is 2.36. The molecule has 1 aliphatic carbocycles. The van der Waals surface area contributed by atoms with Crippen LogP contribution in [0.5, 0.6) is 0 Å². The average Bonchev–Trinajstić information content (AvgIpc) is 2.71. The SMILES string of the molecule is CC(C)CCC(=O)NCC1CCCC1C(=O)O. The first-order chi connectivity index (χ1) is 8.00. The first-order valence-electron chi connectivity index (χ1n) is 6.50. The van der Waals surface area contributed by atoms with Crippen LogP contribution in [0.15, 0.2) is 0 Å².